The Balaban J connectivity index is 2.25. The van der Waals surface area contributed by atoms with Gasteiger partial charge in [-0.05, 0) is 51.0 Å². The summed E-state index contributed by atoms with van der Waals surface area (Å²) in [5.41, 5.74) is 2.52. The zero-order valence-electron chi connectivity index (χ0n) is 16.6. The fraction of sp³-hybridized carbons (Fsp3) is 0.381. The molecule has 0 aliphatic heterocycles. The predicted molar refractivity (Wildman–Crippen MR) is 108 cm³/mol. The van der Waals surface area contributed by atoms with Crippen molar-refractivity contribution in [3.8, 4) is 0 Å². The molecule has 1 atom stereocenters. The first kappa shape index (κ1) is 21.1. The summed E-state index contributed by atoms with van der Waals surface area (Å²) < 4.78 is 26.6. The summed E-state index contributed by atoms with van der Waals surface area (Å²) in [4.78, 5) is 12.8. The lowest BCUT2D eigenvalue weighted by atomic mass is 10.0. The van der Waals surface area contributed by atoms with E-state index in [1.807, 2.05) is 52.0 Å². The standard InChI is InChI=1S/C21H28N2O3S/c1-6-20(17-12-10-16(4)11-13-17)22-21(24)18-8-7-9-19(14-18)27(25,26)23(5)15(2)3/h7-15,20H,6H2,1-5H3,(H,22,24). The molecule has 0 bridgehead atoms. The summed E-state index contributed by atoms with van der Waals surface area (Å²) in [5.74, 6) is -0.285. The quantitative estimate of drug-likeness (QED) is 0.782. The summed E-state index contributed by atoms with van der Waals surface area (Å²) in [5, 5.41) is 3.00. The number of hydrogen-bond acceptors (Lipinski definition) is 3. The fourth-order valence-electron chi connectivity index (χ4n) is 2.70. The smallest absolute Gasteiger partial charge is 0.251 e. The molecule has 5 nitrogen and oxygen atoms in total. The van der Waals surface area contributed by atoms with Crippen LogP contribution >= 0.6 is 0 Å². The van der Waals surface area contributed by atoms with Crippen LogP contribution in [0.25, 0.3) is 0 Å². The minimum atomic E-state index is -3.63. The lowest BCUT2D eigenvalue weighted by Crippen LogP contribution is -2.33. The second kappa shape index (κ2) is 8.67. The molecule has 0 saturated carbocycles. The Labute approximate surface area is 162 Å². The molecular formula is C21H28N2O3S. The second-order valence-corrected chi connectivity index (χ2v) is 8.99. The topological polar surface area (TPSA) is 66.5 Å². The molecule has 0 fully saturated rings. The number of carbonyl (C=O) groups excluding carboxylic acids is 1. The summed E-state index contributed by atoms with van der Waals surface area (Å²) in [6.45, 7) is 7.63. The number of rotatable bonds is 7. The molecule has 0 heterocycles. The summed E-state index contributed by atoms with van der Waals surface area (Å²) in [6.07, 6.45) is 0.739. The third-order valence-electron chi connectivity index (χ3n) is 4.69. The molecule has 1 amide bonds. The van der Waals surface area contributed by atoms with Crippen LogP contribution in [0.15, 0.2) is 53.4 Å². The van der Waals surface area contributed by atoms with Crippen molar-refractivity contribution in [3.05, 3.63) is 65.2 Å². The van der Waals surface area contributed by atoms with Gasteiger partial charge in [-0.15, -0.1) is 0 Å². The van der Waals surface area contributed by atoms with E-state index in [1.54, 1.807) is 12.1 Å². The molecule has 0 saturated heterocycles. The van der Waals surface area contributed by atoms with E-state index < -0.39 is 10.0 Å². The highest BCUT2D eigenvalue weighted by atomic mass is 32.2. The van der Waals surface area contributed by atoms with Crippen LogP contribution in [-0.4, -0.2) is 31.7 Å². The Hall–Kier alpha value is -2.18. The van der Waals surface area contributed by atoms with Gasteiger partial charge in [0.25, 0.3) is 5.91 Å². The molecule has 0 radical (unpaired) electrons. The minimum Gasteiger partial charge on any atom is -0.345 e. The number of nitrogens with one attached hydrogen (secondary N) is 1. The fourth-order valence-corrected chi connectivity index (χ4v) is 4.12. The summed E-state index contributed by atoms with van der Waals surface area (Å²) in [6, 6.07) is 13.9. The molecule has 0 aliphatic rings. The molecule has 0 aromatic heterocycles. The van der Waals surface area contributed by atoms with Gasteiger partial charge in [0.15, 0.2) is 0 Å². The van der Waals surface area contributed by atoms with Gasteiger partial charge in [0.1, 0.15) is 0 Å². The van der Waals surface area contributed by atoms with Gasteiger partial charge in [0, 0.05) is 18.7 Å². The first-order valence-corrected chi connectivity index (χ1v) is 10.6. The van der Waals surface area contributed by atoms with Crippen molar-refractivity contribution < 1.29 is 13.2 Å². The SMILES string of the molecule is CCC(NC(=O)c1cccc(S(=O)(=O)N(C)C(C)C)c1)c1ccc(C)cc1. The Morgan fingerprint density at radius 1 is 1.11 bits per heavy atom. The summed E-state index contributed by atoms with van der Waals surface area (Å²) in [7, 11) is -2.09. The van der Waals surface area contributed by atoms with Crippen molar-refractivity contribution in [2.45, 2.75) is 51.1 Å². The molecule has 27 heavy (non-hydrogen) atoms. The van der Waals surface area contributed by atoms with Crippen molar-refractivity contribution in [1.82, 2.24) is 9.62 Å². The average molecular weight is 389 g/mol. The van der Waals surface area contributed by atoms with Gasteiger partial charge in [-0.1, -0.05) is 42.8 Å². The Bertz CT molecular complexity index is 890. The van der Waals surface area contributed by atoms with Crippen LogP contribution in [0.1, 0.15) is 54.7 Å². The molecule has 0 aliphatic carbocycles. The van der Waals surface area contributed by atoms with Gasteiger partial charge in [-0.3, -0.25) is 4.79 Å². The maximum absolute atomic E-state index is 12.7. The van der Waals surface area contributed by atoms with Gasteiger partial charge < -0.3 is 5.32 Å². The number of aryl methyl sites for hydroxylation is 1. The van der Waals surface area contributed by atoms with Crippen molar-refractivity contribution in [1.29, 1.82) is 0 Å². The number of benzene rings is 2. The van der Waals surface area contributed by atoms with Crippen molar-refractivity contribution in [2.24, 2.45) is 0 Å². The predicted octanol–water partition coefficient (Wildman–Crippen LogP) is 3.91. The molecule has 1 unspecified atom stereocenters. The molecule has 1 N–H and O–H groups in total. The van der Waals surface area contributed by atoms with Gasteiger partial charge in [0.05, 0.1) is 10.9 Å². The van der Waals surface area contributed by atoms with Crippen LogP contribution in [0.5, 0.6) is 0 Å². The minimum absolute atomic E-state index is 0.120. The van der Waals surface area contributed by atoms with E-state index in [2.05, 4.69) is 5.32 Å². The Kier molecular flexibility index (Phi) is 6.78. The highest BCUT2D eigenvalue weighted by Crippen LogP contribution is 2.20. The molecule has 146 valence electrons. The molecule has 2 aromatic rings. The third kappa shape index (κ3) is 4.96. The lowest BCUT2D eigenvalue weighted by Gasteiger charge is -2.21. The lowest BCUT2D eigenvalue weighted by molar-refractivity contribution is 0.0935. The highest BCUT2D eigenvalue weighted by molar-refractivity contribution is 7.89. The van der Waals surface area contributed by atoms with E-state index in [1.165, 1.54) is 23.5 Å². The van der Waals surface area contributed by atoms with Crippen LogP contribution < -0.4 is 5.32 Å². The number of hydrogen-bond donors (Lipinski definition) is 1. The van der Waals surface area contributed by atoms with Crippen LogP contribution in [0, 0.1) is 6.92 Å². The van der Waals surface area contributed by atoms with E-state index in [-0.39, 0.29) is 22.9 Å². The number of amides is 1. The molecule has 2 aromatic carbocycles. The van der Waals surface area contributed by atoms with Crippen LogP contribution in [-0.2, 0) is 10.0 Å². The van der Waals surface area contributed by atoms with Gasteiger partial charge >= 0.3 is 0 Å². The Morgan fingerprint density at radius 2 is 1.74 bits per heavy atom. The third-order valence-corrected chi connectivity index (χ3v) is 6.72. The molecule has 2 rings (SSSR count). The normalized spacial score (nSPS) is 13.0. The van der Waals surface area contributed by atoms with E-state index in [0.717, 1.165) is 17.5 Å². The monoisotopic (exact) mass is 388 g/mol. The van der Waals surface area contributed by atoms with E-state index >= 15 is 0 Å². The second-order valence-electron chi connectivity index (χ2n) is 6.99. The van der Waals surface area contributed by atoms with E-state index in [0.29, 0.717) is 5.56 Å². The van der Waals surface area contributed by atoms with E-state index in [4.69, 9.17) is 0 Å². The first-order chi connectivity index (χ1) is 12.7. The Morgan fingerprint density at radius 3 is 2.30 bits per heavy atom. The zero-order chi connectivity index (χ0) is 20.2. The number of carbonyl (C=O) groups is 1. The number of sulfonamides is 1. The number of nitrogens with zero attached hydrogens (tertiary/aromatic N) is 1. The largest absolute Gasteiger partial charge is 0.345 e. The zero-order valence-corrected chi connectivity index (χ0v) is 17.4. The van der Waals surface area contributed by atoms with Gasteiger partial charge in [-0.25, -0.2) is 8.42 Å². The van der Waals surface area contributed by atoms with Gasteiger partial charge in [0.2, 0.25) is 10.0 Å². The first-order valence-electron chi connectivity index (χ1n) is 9.12. The van der Waals surface area contributed by atoms with Crippen LogP contribution in [0.3, 0.4) is 0 Å². The molecule has 0 spiro atoms. The van der Waals surface area contributed by atoms with Crippen LogP contribution in [0.4, 0.5) is 0 Å². The van der Waals surface area contributed by atoms with Crippen LogP contribution in [0.2, 0.25) is 0 Å². The maximum atomic E-state index is 12.7. The van der Waals surface area contributed by atoms with Crippen molar-refractivity contribution in [3.63, 3.8) is 0 Å². The van der Waals surface area contributed by atoms with Crippen molar-refractivity contribution in [2.75, 3.05) is 7.05 Å². The highest BCUT2D eigenvalue weighted by Gasteiger charge is 2.24. The molecular weight excluding hydrogens is 360 g/mol. The maximum Gasteiger partial charge on any atom is 0.251 e. The van der Waals surface area contributed by atoms with Crippen molar-refractivity contribution >= 4 is 15.9 Å². The molecule has 6 heteroatoms. The summed E-state index contributed by atoms with van der Waals surface area (Å²) >= 11 is 0. The van der Waals surface area contributed by atoms with E-state index in [9.17, 15) is 13.2 Å². The van der Waals surface area contributed by atoms with Gasteiger partial charge in [-0.2, -0.15) is 4.31 Å². The average Bonchev–Trinajstić information content (AvgIpc) is 2.66.